The van der Waals surface area contributed by atoms with E-state index in [1.54, 1.807) is 11.8 Å². The minimum absolute atomic E-state index is 0.00129. The highest BCUT2D eigenvalue weighted by atomic mass is 32.2. The maximum absolute atomic E-state index is 11.5. The normalized spacial score (nSPS) is 11.8. The number of hydrogen-bond acceptors (Lipinski definition) is 5. The molecular weight excluding hydrogens is 224 g/mol. The van der Waals surface area contributed by atoms with Gasteiger partial charge < -0.3 is 5.73 Å². The van der Waals surface area contributed by atoms with Crippen LogP contribution in [0.3, 0.4) is 0 Å². The number of H-pyrrole nitrogens is 1. The van der Waals surface area contributed by atoms with Crippen LogP contribution in [-0.4, -0.2) is 37.2 Å². The molecule has 1 heterocycles. The molecule has 0 radical (unpaired) electrons. The predicted octanol–water partition coefficient (Wildman–Crippen LogP) is -0.367. The van der Waals surface area contributed by atoms with E-state index in [-0.39, 0.29) is 10.7 Å². The van der Waals surface area contributed by atoms with Gasteiger partial charge in [0.15, 0.2) is 0 Å². The quantitative estimate of drug-likeness (QED) is 0.606. The van der Waals surface area contributed by atoms with Crippen LogP contribution in [0.25, 0.3) is 0 Å². The van der Waals surface area contributed by atoms with Crippen molar-refractivity contribution in [3.8, 4) is 0 Å². The molecule has 0 amide bonds. The number of anilines is 1. The van der Waals surface area contributed by atoms with Gasteiger partial charge in [-0.1, -0.05) is 0 Å². The van der Waals surface area contributed by atoms with Crippen molar-refractivity contribution < 1.29 is 8.42 Å². The fourth-order valence-electron chi connectivity index (χ4n) is 0.855. The van der Waals surface area contributed by atoms with E-state index < -0.39 is 10.0 Å². The first-order valence-corrected chi connectivity index (χ1v) is 6.73. The standard InChI is InChI=1S/C6H12N4O2S2/c1-13-3-2-9-14(11,12)5-4-8-10-6(5)7/h4,9H,2-3H2,1H3,(H3,7,8,10). The Labute approximate surface area is 86.7 Å². The molecule has 1 rings (SSSR count). The highest BCUT2D eigenvalue weighted by Crippen LogP contribution is 2.13. The lowest BCUT2D eigenvalue weighted by Crippen LogP contribution is -2.26. The van der Waals surface area contributed by atoms with Crippen molar-refractivity contribution >= 4 is 27.6 Å². The van der Waals surface area contributed by atoms with Gasteiger partial charge in [0, 0.05) is 12.3 Å². The number of thioether (sulfide) groups is 1. The van der Waals surface area contributed by atoms with Crippen molar-refractivity contribution in [3.63, 3.8) is 0 Å². The average Bonchev–Trinajstić information content (AvgIpc) is 2.52. The number of rotatable bonds is 5. The lowest BCUT2D eigenvalue weighted by Gasteiger charge is -2.03. The van der Waals surface area contributed by atoms with Gasteiger partial charge in [0.1, 0.15) is 10.7 Å². The van der Waals surface area contributed by atoms with Gasteiger partial charge in [0.25, 0.3) is 0 Å². The molecule has 0 spiro atoms. The Kier molecular flexibility index (Phi) is 3.78. The van der Waals surface area contributed by atoms with Gasteiger partial charge in [-0.2, -0.15) is 16.9 Å². The Morgan fingerprint density at radius 2 is 2.43 bits per heavy atom. The first-order chi connectivity index (χ1) is 6.58. The first kappa shape index (κ1) is 11.3. The van der Waals surface area contributed by atoms with E-state index in [9.17, 15) is 8.42 Å². The predicted molar refractivity (Wildman–Crippen MR) is 56.6 cm³/mol. The zero-order chi connectivity index (χ0) is 10.6. The van der Waals surface area contributed by atoms with Crippen molar-refractivity contribution in [3.05, 3.63) is 6.20 Å². The number of nitrogens with zero attached hydrogens (tertiary/aromatic N) is 1. The third-order valence-electron chi connectivity index (χ3n) is 1.52. The van der Waals surface area contributed by atoms with Gasteiger partial charge in [-0.3, -0.25) is 5.10 Å². The topological polar surface area (TPSA) is 101 Å². The summed E-state index contributed by atoms with van der Waals surface area (Å²) in [5.74, 6) is 0.776. The average molecular weight is 236 g/mol. The molecule has 0 bridgehead atoms. The Balaban J connectivity index is 2.72. The summed E-state index contributed by atoms with van der Waals surface area (Å²) >= 11 is 1.56. The second-order valence-corrected chi connectivity index (χ2v) is 5.26. The lowest BCUT2D eigenvalue weighted by atomic mass is 10.7. The van der Waals surface area contributed by atoms with Gasteiger partial charge >= 0.3 is 0 Å². The molecule has 0 unspecified atom stereocenters. The summed E-state index contributed by atoms with van der Waals surface area (Å²) in [6.45, 7) is 0.383. The maximum Gasteiger partial charge on any atom is 0.245 e. The van der Waals surface area contributed by atoms with Crippen LogP contribution in [0.1, 0.15) is 0 Å². The molecule has 8 heteroatoms. The van der Waals surface area contributed by atoms with Gasteiger partial charge in [-0.15, -0.1) is 0 Å². The number of aromatic nitrogens is 2. The van der Waals surface area contributed by atoms with Gasteiger partial charge in [0.2, 0.25) is 10.0 Å². The third kappa shape index (κ3) is 2.63. The Bertz CT molecular complexity index is 386. The van der Waals surface area contributed by atoms with E-state index >= 15 is 0 Å². The summed E-state index contributed by atoms with van der Waals surface area (Å²) in [4.78, 5) is -0.00129. The van der Waals surface area contributed by atoms with Crippen LogP contribution in [0.15, 0.2) is 11.1 Å². The number of nitrogen functional groups attached to an aromatic ring is 1. The maximum atomic E-state index is 11.5. The molecule has 0 fully saturated rings. The van der Waals surface area contributed by atoms with E-state index in [1.807, 2.05) is 6.26 Å². The van der Waals surface area contributed by atoms with E-state index in [0.29, 0.717) is 6.54 Å². The van der Waals surface area contributed by atoms with Crippen LogP contribution in [0.5, 0.6) is 0 Å². The van der Waals surface area contributed by atoms with E-state index in [1.165, 1.54) is 6.20 Å². The van der Waals surface area contributed by atoms with Gasteiger partial charge in [-0.25, -0.2) is 13.1 Å². The van der Waals surface area contributed by atoms with Gasteiger partial charge in [0.05, 0.1) is 6.20 Å². The minimum atomic E-state index is -3.50. The number of aromatic amines is 1. The summed E-state index contributed by atoms with van der Waals surface area (Å²) in [7, 11) is -3.50. The van der Waals surface area contributed by atoms with Crippen molar-refractivity contribution in [2.45, 2.75) is 4.90 Å². The zero-order valence-corrected chi connectivity index (χ0v) is 9.28. The molecule has 0 saturated heterocycles. The highest BCUT2D eigenvalue weighted by Gasteiger charge is 2.18. The molecule has 0 saturated carbocycles. The van der Waals surface area contributed by atoms with Crippen LogP contribution in [0, 0.1) is 0 Å². The number of sulfonamides is 1. The summed E-state index contributed by atoms with van der Waals surface area (Å²) in [6, 6.07) is 0. The molecule has 1 aromatic heterocycles. The molecule has 80 valence electrons. The highest BCUT2D eigenvalue weighted by molar-refractivity contribution is 7.98. The van der Waals surface area contributed by atoms with Crippen LogP contribution in [0.4, 0.5) is 5.82 Å². The molecule has 1 aromatic rings. The smallest absolute Gasteiger partial charge is 0.245 e. The monoisotopic (exact) mass is 236 g/mol. The lowest BCUT2D eigenvalue weighted by molar-refractivity contribution is 0.584. The second kappa shape index (κ2) is 4.67. The van der Waals surface area contributed by atoms with Crippen LogP contribution >= 0.6 is 11.8 Å². The van der Waals surface area contributed by atoms with Crippen molar-refractivity contribution in [2.75, 3.05) is 24.3 Å². The zero-order valence-electron chi connectivity index (χ0n) is 7.65. The Morgan fingerprint density at radius 3 is 2.93 bits per heavy atom. The third-order valence-corrected chi connectivity index (χ3v) is 3.62. The van der Waals surface area contributed by atoms with Crippen molar-refractivity contribution in [1.29, 1.82) is 0 Å². The van der Waals surface area contributed by atoms with Crippen LogP contribution in [-0.2, 0) is 10.0 Å². The number of hydrogen-bond donors (Lipinski definition) is 3. The van der Waals surface area contributed by atoms with Gasteiger partial charge in [-0.05, 0) is 6.26 Å². The summed E-state index contributed by atoms with van der Waals surface area (Å²) < 4.78 is 25.5. The largest absolute Gasteiger partial charge is 0.383 e. The fraction of sp³-hybridized carbons (Fsp3) is 0.500. The number of nitrogens with two attached hydrogens (primary N) is 1. The van der Waals surface area contributed by atoms with Crippen molar-refractivity contribution in [2.24, 2.45) is 0 Å². The molecule has 0 aromatic carbocycles. The van der Waals surface area contributed by atoms with E-state index in [4.69, 9.17) is 5.73 Å². The summed E-state index contributed by atoms with van der Waals surface area (Å²) in [5.41, 5.74) is 5.39. The van der Waals surface area contributed by atoms with Crippen molar-refractivity contribution in [1.82, 2.24) is 14.9 Å². The van der Waals surface area contributed by atoms with E-state index in [2.05, 4.69) is 14.9 Å². The molecule has 0 aliphatic heterocycles. The van der Waals surface area contributed by atoms with E-state index in [0.717, 1.165) is 5.75 Å². The Morgan fingerprint density at radius 1 is 1.71 bits per heavy atom. The summed E-state index contributed by atoms with van der Waals surface area (Å²) in [5, 5.41) is 5.91. The molecule has 4 N–H and O–H groups in total. The summed E-state index contributed by atoms with van der Waals surface area (Å²) in [6.07, 6.45) is 3.09. The minimum Gasteiger partial charge on any atom is -0.383 e. The van der Waals surface area contributed by atoms with Crippen LogP contribution in [0.2, 0.25) is 0 Å². The SMILES string of the molecule is CSCCNS(=O)(=O)c1cn[nH]c1N. The fourth-order valence-corrected chi connectivity index (χ4v) is 2.34. The molecule has 14 heavy (non-hydrogen) atoms. The molecular formula is C6H12N4O2S2. The first-order valence-electron chi connectivity index (χ1n) is 3.85. The Hall–Kier alpha value is -0.730. The molecule has 0 aliphatic carbocycles. The molecule has 0 atom stereocenters. The number of nitrogens with one attached hydrogen (secondary N) is 2. The second-order valence-electron chi connectivity index (χ2n) is 2.54. The molecule has 0 aliphatic rings. The molecule has 6 nitrogen and oxygen atoms in total. The van der Waals surface area contributed by atoms with Crippen LogP contribution < -0.4 is 10.5 Å².